The number of ether oxygens (including phenoxy) is 1. The standard InChI is InChI=1S/C21H30O2/c1-14(2)12-20(15(3)4)17-7-9-18(10-8-17)21(22)23-19-11-6-16(5)13-19/h7-10,13-15,19-20H,6,11-12H2,1-5H3. The average Bonchev–Trinajstić information content (AvgIpc) is 2.89. The highest BCUT2D eigenvalue weighted by Gasteiger charge is 2.20. The van der Waals surface area contributed by atoms with Gasteiger partial charge in [0.05, 0.1) is 5.56 Å². The number of hydrogen-bond acceptors (Lipinski definition) is 2. The molecule has 0 radical (unpaired) electrons. The molecule has 0 aliphatic heterocycles. The first-order chi connectivity index (χ1) is 10.9. The maximum absolute atomic E-state index is 12.2. The lowest BCUT2D eigenvalue weighted by atomic mass is 9.82. The number of carbonyl (C=O) groups is 1. The van der Waals surface area contributed by atoms with Crippen LogP contribution >= 0.6 is 0 Å². The monoisotopic (exact) mass is 314 g/mol. The molecule has 0 amide bonds. The molecule has 0 fully saturated rings. The van der Waals surface area contributed by atoms with Gasteiger partial charge in [-0.25, -0.2) is 4.79 Å². The number of esters is 1. The van der Waals surface area contributed by atoms with Crippen LogP contribution in [0, 0.1) is 11.8 Å². The maximum atomic E-state index is 12.2. The predicted octanol–water partition coefficient (Wildman–Crippen LogP) is 5.74. The number of allylic oxidation sites excluding steroid dienone is 1. The lowest BCUT2D eigenvalue weighted by Gasteiger charge is -2.23. The van der Waals surface area contributed by atoms with Crippen molar-refractivity contribution in [2.45, 2.75) is 65.9 Å². The van der Waals surface area contributed by atoms with Gasteiger partial charge in [-0.2, -0.15) is 0 Å². The summed E-state index contributed by atoms with van der Waals surface area (Å²) in [7, 11) is 0. The van der Waals surface area contributed by atoms with Gasteiger partial charge in [-0.05, 0) is 67.7 Å². The second kappa shape index (κ2) is 7.81. The third-order valence-electron chi connectivity index (χ3n) is 4.66. The van der Waals surface area contributed by atoms with Crippen molar-refractivity contribution >= 4 is 5.97 Å². The lowest BCUT2D eigenvalue weighted by Crippen LogP contribution is -2.14. The zero-order valence-corrected chi connectivity index (χ0v) is 15.1. The summed E-state index contributed by atoms with van der Waals surface area (Å²) in [6, 6.07) is 8.02. The molecule has 23 heavy (non-hydrogen) atoms. The van der Waals surface area contributed by atoms with Crippen LogP contribution < -0.4 is 0 Å². The minimum atomic E-state index is -0.211. The molecule has 1 aliphatic carbocycles. The molecule has 0 spiro atoms. The van der Waals surface area contributed by atoms with Crippen molar-refractivity contribution in [1.29, 1.82) is 0 Å². The summed E-state index contributed by atoms with van der Waals surface area (Å²) in [5, 5.41) is 0. The van der Waals surface area contributed by atoms with Crippen molar-refractivity contribution in [2.75, 3.05) is 0 Å². The van der Waals surface area contributed by atoms with E-state index in [4.69, 9.17) is 4.74 Å². The normalized spacial score (nSPS) is 19.1. The number of benzene rings is 1. The van der Waals surface area contributed by atoms with Gasteiger partial charge in [-0.3, -0.25) is 0 Å². The van der Waals surface area contributed by atoms with Gasteiger partial charge in [0.2, 0.25) is 0 Å². The molecule has 126 valence electrons. The summed E-state index contributed by atoms with van der Waals surface area (Å²) in [4.78, 5) is 12.2. The smallest absolute Gasteiger partial charge is 0.338 e. The van der Waals surface area contributed by atoms with Crippen LogP contribution in [-0.2, 0) is 4.74 Å². The van der Waals surface area contributed by atoms with Crippen molar-refractivity contribution in [3.63, 3.8) is 0 Å². The van der Waals surface area contributed by atoms with Crippen molar-refractivity contribution in [3.05, 3.63) is 47.0 Å². The molecule has 0 aromatic heterocycles. The highest BCUT2D eigenvalue weighted by atomic mass is 16.5. The quantitative estimate of drug-likeness (QED) is 0.494. The van der Waals surface area contributed by atoms with E-state index >= 15 is 0 Å². The van der Waals surface area contributed by atoms with Gasteiger partial charge in [0.1, 0.15) is 6.10 Å². The Morgan fingerprint density at radius 3 is 2.30 bits per heavy atom. The molecular formula is C21H30O2. The molecule has 2 heteroatoms. The molecule has 0 saturated heterocycles. The topological polar surface area (TPSA) is 26.3 Å². The molecule has 1 aliphatic rings. The van der Waals surface area contributed by atoms with E-state index in [2.05, 4.69) is 52.8 Å². The molecule has 1 aromatic rings. The summed E-state index contributed by atoms with van der Waals surface area (Å²) in [5.74, 6) is 1.60. The Hall–Kier alpha value is -1.57. The molecule has 0 heterocycles. The largest absolute Gasteiger partial charge is 0.455 e. The predicted molar refractivity (Wildman–Crippen MR) is 95.7 cm³/mol. The Morgan fingerprint density at radius 2 is 1.83 bits per heavy atom. The van der Waals surface area contributed by atoms with Crippen molar-refractivity contribution in [3.8, 4) is 0 Å². The summed E-state index contributed by atoms with van der Waals surface area (Å²) in [5.41, 5.74) is 3.28. The van der Waals surface area contributed by atoms with Gasteiger partial charge in [-0.15, -0.1) is 0 Å². The van der Waals surface area contributed by atoms with Crippen LogP contribution in [0.4, 0.5) is 0 Å². The van der Waals surface area contributed by atoms with E-state index < -0.39 is 0 Å². The lowest BCUT2D eigenvalue weighted by molar-refractivity contribution is 0.0395. The third-order valence-corrected chi connectivity index (χ3v) is 4.66. The second-order valence-electron chi connectivity index (χ2n) is 7.60. The zero-order chi connectivity index (χ0) is 17.0. The summed E-state index contributed by atoms with van der Waals surface area (Å²) in [6.07, 6.45) is 5.13. The molecule has 0 bridgehead atoms. The minimum absolute atomic E-state index is 0.0495. The van der Waals surface area contributed by atoms with E-state index in [0.29, 0.717) is 23.3 Å². The van der Waals surface area contributed by atoms with Gasteiger partial charge in [-0.1, -0.05) is 45.4 Å². The van der Waals surface area contributed by atoms with Crippen LogP contribution in [0.15, 0.2) is 35.9 Å². The fourth-order valence-corrected chi connectivity index (χ4v) is 3.32. The molecule has 2 unspecified atom stereocenters. The first-order valence-electron chi connectivity index (χ1n) is 8.85. The van der Waals surface area contributed by atoms with Gasteiger partial charge in [0.15, 0.2) is 0 Å². The Morgan fingerprint density at radius 1 is 1.17 bits per heavy atom. The van der Waals surface area contributed by atoms with E-state index in [1.807, 2.05) is 12.1 Å². The molecule has 2 nitrogen and oxygen atoms in total. The molecule has 2 rings (SSSR count). The number of rotatable bonds is 6. The van der Waals surface area contributed by atoms with Gasteiger partial charge in [0.25, 0.3) is 0 Å². The summed E-state index contributed by atoms with van der Waals surface area (Å²) < 4.78 is 5.56. The SMILES string of the molecule is CC1=CC(OC(=O)c2ccc(C(CC(C)C)C(C)C)cc2)CC1. The molecule has 2 atom stereocenters. The minimum Gasteiger partial charge on any atom is -0.455 e. The Kier molecular flexibility index (Phi) is 6.04. The fraction of sp³-hybridized carbons (Fsp3) is 0.571. The van der Waals surface area contributed by atoms with Gasteiger partial charge >= 0.3 is 5.97 Å². The highest BCUT2D eigenvalue weighted by molar-refractivity contribution is 5.89. The maximum Gasteiger partial charge on any atom is 0.338 e. The van der Waals surface area contributed by atoms with E-state index in [1.165, 1.54) is 17.6 Å². The van der Waals surface area contributed by atoms with Crippen molar-refractivity contribution in [2.24, 2.45) is 11.8 Å². The third kappa shape index (κ3) is 4.95. The Balaban J connectivity index is 2.04. The van der Waals surface area contributed by atoms with E-state index in [-0.39, 0.29) is 12.1 Å². The zero-order valence-electron chi connectivity index (χ0n) is 15.1. The fourth-order valence-electron chi connectivity index (χ4n) is 3.32. The van der Waals surface area contributed by atoms with Crippen LogP contribution in [0.2, 0.25) is 0 Å². The average molecular weight is 314 g/mol. The molecule has 0 N–H and O–H groups in total. The van der Waals surface area contributed by atoms with Crippen LogP contribution in [0.25, 0.3) is 0 Å². The van der Waals surface area contributed by atoms with Crippen molar-refractivity contribution in [1.82, 2.24) is 0 Å². The van der Waals surface area contributed by atoms with Gasteiger partial charge < -0.3 is 4.74 Å². The van der Waals surface area contributed by atoms with Crippen LogP contribution in [0.1, 0.15) is 75.7 Å². The van der Waals surface area contributed by atoms with E-state index in [1.54, 1.807) is 0 Å². The summed E-state index contributed by atoms with van der Waals surface area (Å²) >= 11 is 0. The Labute approximate surface area is 140 Å². The number of hydrogen-bond donors (Lipinski definition) is 0. The van der Waals surface area contributed by atoms with Gasteiger partial charge in [0, 0.05) is 0 Å². The molecule has 0 saturated carbocycles. The van der Waals surface area contributed by atoms with Crippen LogP contribution in [0.3, 0.4) is 0 Å². The first kappa shape index (κ1) is 17.8. The second-order valence-corrected chi connectivity index (χ2v) is 7.60. The first-order valence-corrected chi connectivity index (χ1v) is 8.85. The van der Waals surface area contributed by atoms with Crippen molar-refractivity contribution < 1.29 is 9.53 Å². The Bertz CT molecular complexity index is 552. The molecular weight excluding hydrogens is 284 g/mol. The van der Waals surface area contributed by atoms with E-state index in [0.717, 1.165) is 12.8 Å². The highest BCUT2D eigenvalue weighted by Crippen LogP contribution is 2.31. The summed E-state index contributed by atoms with van der Waals surface area (Å²) in [6.45, 7) is 11.1. The van der Waals surface area contributed by atoms with Crippen LogP contribution in [0.5, 0.6) is 0 Å². The van der Waals surface area contributed by atoms with E-state index in [9.17, 15) is 4.79 Å². The number of carbonyl (C=O) groups excluding carboxylic acids is 1. The molecule has 1 aromatic carbocycles. The van der Waals surface area contributed by atoms with Crippen LogP contribution in [-0.4, -0.2) is 12.1 Å².